The van der Waals surface area contributed by atoms with Crippen LogP contribution in [-0.2, 0) is 17.7 Å². The summed E-state index contributed by atoms with van der Waals surface area (Å²) in [4.78, 5) is 16.8. The van der Waals surface area contributed by atoms with E-state index in [4.69, 9.17) is 19.4 Å². The zero-order valence-electron chi connectivity index (χ0n) is 23.4. The van der Waals surface area contributed by atoms with Crippen molar-refractivity contribution >= 4 is 5.95 Å². The second kappa shape index (κ2) is 13.0. The number of anilines is 1. The Morgan fingerprint density at radius 3 is 2.67 bits per heavy atom. The van der Waals surface area contributed by atoms with Crippen LogP contribution in [-0.4, -0.2) is 64.9 Å². The summed E-state index contributed by atoms with van der Waals surface area (Å²) in [6, 6.07) is 16.8. The molecule has 4 aromatic rings. The van der Waals surface area contributed by atoms with Gasteiger partial charge in [0.15, 0.2) is 0 Å². The number of hydrogen-bond acceptors (Lipinski definition) is 7. The van der Waals surface area contributed by atoms with E-state index in [1.54, 1.807) is 32.5 Å². The average molecular weight is 545 g/mol. The number of ether oxygens (including phenoxy) is 2. The number of rotatable bonds is 13. The fraction of sp³-hybridized carbons (Fsp3) is 0.387. The first-order chi connectivity index (χ1) is 19.6. The quantitative estimate of drug-likeness (QED) is 0.234. The molecule has 0 saturated heterocycles. The molecule has 0 amide bonds. The van der Waals surface area contributed by atoms with Crippen LogP contribution in [0.4, 0.5) is 10.3 Å². The minimum atomic E-state index is -0.270. The maximum absolute atomic E-state index is 13.8. The van der Waals surface area contributed by atoms with E-state index < -0.39 is 0 Å². The molecule has 5 rings (SSSR count). The number of halogens is 1. The third kappa shape index (κ3) is 6.16. The molecule has 8 nitrogen and oxygen atoms in total. The first-order valence-corrected chi connectivity index (χ1v) is 13.9. The Bertz CT molecular complexity index is 1410. The van der Waals surface area contributed by atoms with Crippen molar-refractivity contribution in [3.8, 4) is 28.4 Å². The Labute approximate surface area is 235 Å². The van der Waals surface area contributed by atoms with Crippen LogP contribution < -0.4 is 10.1 Å². The normalized spacial score (nSPS) is 14.5. The molecule has 210 valence electrons. The van der Waals surface area contributed by atoms with Crippen molar-refractivity contribution in [1.82, 2.24) is 24.4 Å². The fourth-order valence-electron chi connectivity index (χ4n) is 5.34. The van der Waals surface area contributed by atoms with Gasteiger partial charge in [-0.25, -0.2) is 19.3 Å². The van der Waals surface area contributed by atoms with Crippen molar-refractivity contribution in [2.24, 2.45) is 0 Å². The molecule has 0 radical (unpaired) electrons. The molecule has 0 saturated carbocycles. The zero-order chi connectivity index (χ0) is 27.9. The predicted octanol–water partition coefficient (Wildman–Crippen LogP) is 5.61. The Morgan fingerprint density at radius 1 is 1.07 bits per heavy atom. The zero-order valence-corrected chi connectivity index (χ0v) is 23.4. The van der Waals surface area contributed by atoms with Crippen molar-refractivity contribution in [2.45, 2.75) is 38.8 Å². The van der Waals surface area contributed by atoms with Gasteiger partial charge in [-0.2, -0.15) is 0 Å². The molecule has 0 fully saturated rings. The second-order valence-corrected chi connectivity index (χ2v) is 10.0. The van der Waals surface area contributed by atoms with Crippen LogP contribution in [0, 0.1) is 5.82 Å². The Balaban J connectivity index is 1.53. The summed E-state index contributed by atoms with van der Waals surface area (Å²) in [6.45, 7) is 5.87. The summed E-state index contributed by atoms with van der Waals surface area (Å²) in [5, 5.41) is 3.30. The standard InChI is InChI=1S/C31H37FN6O2/c1-4-16-33-31-34-17-15-26(35-31)30-29(22-9-11-24(32)12-10-22)36-28-14-13-25(38(28)30)21-37(18-19-39-2)20-23-7-5-6-8-27(23)40-3/h5-12,15,17,25H,4,13-14,16,18-21H2,1-3H3,(H,33,34,35)/t25-/m0/s1. The third-order valence-corrected chi connectivity index (χ3v) is 7.27. The molecule has 3 heterocycles. The van der Waals surface area contributed by atoms with Crippen LogP contribution in [0.3, 0.4) is 0 Å². The molecule has 1 atom stereocenters. The van der Waals surface area contributed by atoms with E-state index in [1.165, 1.54) is 12.1 Å². The van der Waals surface area contributed by atoms with Crippen LogP contribution in [0.5, 0.6) is 5.75 Å². The molecule has 0 spiro atoms. The lowest BCUT2D eigenvalue weighted by Crippen LogP contribution is -2.32. The molecule has 1 aliphatic heterocycles. The van der Waals surface area contributed by atoms with E-state index in [-0.39, 0.29) is 11.9 Å². The average Bonchev–Trinajstić information content (AvgIpc) is 3.55. The number of imidazole rings is 1. The molecule has 0 bridgehead atoms. The van der Waals surface area contributed by atoms with Gasteiger partial charge in [0.25, 0.3) is 0 Å². The lowest BCUT2D eigenvalue weighted by Gasteiger charge is -2.28. The summed E-state index contributed by atoms with van der Waals surface area (Å²) in [5.74, 6) is 2.22. The predicted molar refractivity (Wildman–Crippen MR) is 155 cm³/mol. The highest BCUT2D eigenvalue weighted by molar-refractivity contribution is 5.78. The van der Waals surface area contributed by atoms with Gasteiger partial charge >= 0.3 is 0 Å². The summed E-state index contributed by atoms with van der Waals surface area (Å²) in [5.41, 5.74) is 4.55. The molecule has 40 heavy (non-hydrogen) atoms. The highest BCUT2D eigenvalue weighted by Crippen LogP contribution is 2.39. The Hall–Kier alpha value is -3.82. The van der Waals surface area contributed by atoms with E-state index in [9.17, 15) is 4.39 Å². The number of hydrogen-bond donors (Lipinski definition) is 1. The number of benzene rings is 2. The van der Waals surface area contributed by atoms with Crippen LogP contribution in [0.25, 0.3) is 22.6 Å². The molecular formula is C31H37FN6O2. The fourth-order valence-corrected chi connectivity index (χ4v) is 5.34. The van der Waals surface area contributed by atoms with E-state index >= 15 is 0 Å². The highest BCUT2D eigenvalue weighted by atomic mass is 19.1. The lowest BCUT2D eigenvalue weighted by molar-refractivity contribution is 0.133. The van der Waals surface area contributed by atoms with E-state index in [1.807, 2.05) is 24.3 Å². The topological polar surface area (TPSA) is 77.3 Å². The van der Waals surface area contributed by atoms with Crippen molar-refractivity contribution in [2.75, 3.05) is 45.8 Å². The molecule has 2 aromatic carbocycles. The minimum absolute atomic E-state index is 0.181. The maximum atomic E-state index is 13.8. The SMILES string of the molecule is CCCNc1nccc(-c2c(-c3ccc(F)cc3)nc3n2[C@H](CN(CCOC)Cc2ccccc2OC)CC3)n1. The molecule has 0 aliphatic carbocycles. The monoisotopic (exact) mass is 544 g/mol. The third-order valence-electron chi connectivity index (χ3n) is 7.27. The number of nitrogens with zero attached hydrogens (tertiary/aromatic N) is 5. The smallest absolute Gasteiger partial charge is 0.223 e. The van der Waals surface area contributed by atoms with E-state index in [0.717, 1.165) is 85.2 Å². The van der Waals surface area contributed by atoms with Crippen molar-refractivity contribution in [3.63, 3.8) is 0 Å². The second-order valence-electron chi connectivity index (χ2n) is 10.0. The highest BCUT2D eigenvalue weighted by Gasteiger charge is 2.32. The summed E-state index contributed by atoms with van der Waals surface area (Å²) < 4.78 is 27.3. The summed E-state index contributed by atoms with van der Waals surface area (Å²) >= 11 is 0. The van der Waals surface area contributed by atoms with E-state index in [0.29, 0.717) is 12.6 Å². The van der Waals surface area contributed by atoms with Crippen LogP contribution in [0.15, 0.2) is 60.8 Å². The molecule has 2 aromatic heterocycles. The van der Waals surface area contributed by atoms with Crippen LogP contribution in [0.1, 0.15) is 37.2 Å². The van der Waals surface area contributed by atoms with Gasteiger partial charge in [-0.3, -0.25) is 4.90 Å². The van der Waals surface area contributed by atoms with Gasteiger partial charge in [0.1, 0.15) is 17.4 Å². The molecule has 1 aliphatic rings. The number of methoxy groups -OCH3 is 2. The number of aryl methyl sites for hydroxylation is 1. The van der Waals surface area contributed by atoms with Gasteiger partial charge in [-0.05, 0) is 49.2 Å². The molecule has 9 heteroatoms. The van der Waals surface area contributed by atoms with Crippen molar-refractivity contribution in [3.05, 3.63) is 78.0 Å². The first-order valence-electron chi connectivity index (χ1n) is 13.9. The van der Waals surface area contributed by atoms with Gasteiger partial charge < -0.3 is 19.4 Å². The largest absolute Gasteiger partial charge is 0.496 e. The van der Waals surface area contributed by atoms with E-state index in [2.05, 4.69) is 32.8 Å². The van der Waals surface area contributed by atoms with Gasteiger partial charge in [-0.1, -0.05) is 25.1 Å². The van der Waals surface area contributed by atoms with Crippen LogP contribution in [0.2, 0.25) is 0 Å². The van der Waals surface area contributed by atoms with Gasteiger partial charge in [0.2, 0.25) is 5.95 Å². The minimum Gasteiger partial charge on any atom is -0.496 e. The maximum Gasteiger partial charge on any atom is 0.223 e. The number of nitrogens with one attached hydrogen (secondary N) is 1. The molecule has 0 unspecified atom stereocenters. The Kier molecular flexibility index (Phi) is 9.03. The molecular weight excluding hydrogens is 507 g/mol. The number of fused-ring (bicyclic) bond motifs is 1. The van der Waals surface area contributed by atoms with Gasteiger partial charge in [0.05, 0.1) is 30.8 Å². The number of aromatic nitrogens is 4. The summed E-state index contributed by atoms with van der Waals surface area (Å²) in [6.07, 6.45) is 4.59. The van der Waals surface area contributed by atoms with Gasteiger partial charge in [-0.15, -0.1) is 0 Å². The lowest BCUT2D eigenvalue weighted by atomic mass is 10.1. The summed E-state index contributed by atoms with van der Waals surface area (Å²) in [7, 11) is 3.44. The first kappa shape index (κ1) is 27.7. The van der Waals surface area contributed by atoms with Crippen molar-refractivity contribution in [1.29, 1.82) is 0 Å². The number of para-hydroxylation sites is 1. The van der Waals surface area contributed by atoms with Crippen molar-refractivity contribution < 1.29 is 13.9 Å². The van der Waals surface area contributed by atoms with Gasteiger partial charge in [0, 0.05) is 63.1 Å². The Morgan fingerprint density at radius 2 is 1.90 bits per heavy atom. The van der Waals surface area contributed by atoms with Crippen LogP contribution >= 0.6 is 0 Å². The molecule has 1 N–H and O–H groups in total.